The number of guanidine groups is 1. The van der Waals surface area contributed by atoms with E-state index in [4.69, 9.17) is 4.99 Å². The molecule has 0 radical (unpaired) electrons. The summed E-state index contributed by atoms with van der Waals surface area (Å²) in [5.41, 5.74) is 0.0625. The molecule has 2 fully saturated rings. The van der Waals surface area contributed by atoms with Gasteiger partial charge in [-0.1, -0.05) is 0 Å². The molecular formula is C19H28F2N4O2S. The molecule has 0 bridgehead atoms. The van der Waals surface area contributed by atoms with E-state index < -0.39 is 21.5 Å². The Hall–Kier alpha value is -1.90. The van der Waals surface area contributed by atoms with Crippen LogP contribution in [0.3, 0.4) is 0 Å². The van der Waals surface area contributed by atoms with Gasteiger partial charge >= 0.3 is 0 Å². The van der Waals surface area contributed by atoms with Crippen LogP contribution in [-0.2, 0) is 9.84 Å². The van der Waals surface area contributed by atoms with Crippen LogP contribution >= 0.6 is 0 Å². The zero-order valence-electron chi connectivity index (χ0n) is 16.4. The van der Waals surface area contributed by atoms with Crippen molar-refractivity contribution in [1.82, 2.24) is 10.2 Å². The van der Waals surface area contributed by atoms with Crippen LogP contribution in [0.2, 0.25) is 0 Å². The van der Waals surface area contributed by atoms with E-state index in [9.17, 15) is 17.2 Å². The molecule has 0 amide bonds. The van der Waals surface area contributed by atoms with Gasteiger partial charge in [0, 0.05) is 57.0 Å². The predicted molar refractivity (Wildman–Crippen MR) is 108 cm³/mol. The Morgan fingerprint density at radius 2 is 1.89 bits per heavy atom. The van der Waals surface area contributed by atoms with E-state index in [1.807, 2.05) is 11.8 Å². The molecule has 1 N–H and O–H groups in total. The monoisotopic (exact) mass is 414 g/mol. The van der Waals surface area contributed by atoms with E-state index in [1.165, 1.54) is 12.3 Å². The fraction of sp³-hybridized carbons (Fsp3) is 0.632. The largest absolute Gasteiger partial charge is 0.366 e. The highest BCUT2D eigenvalue weighted by Gasteiger charge is 2.45. The van der Waals surface area contributed by atoms with E-state index in [0.717, 1.165) is 30.9 Å². The Morgan fingerprint density at radius 1 is 1.21 bits per heavy atom. The average Bonchev–Trinajstić information content (AvgIpc) is 3.38. The number of sulfone groups is 1. The molecule has 1 heterocycles. The summed E-state index contributed by atoms with van der Waals surface area (Å²) in [5, 5.41) is 3.26. The topological polar surface area (TPSA) is 65.0 Å². The zero-order chi connectivity index (χ0) is 20.4. The molecule has 156 valence electrons. The second-order valence-corrected chi connectivity index (χ2v) is 9.95. The third kappa shape index (κ3) is 5.33. The Kier molecular flexibility index (Phi) is 6.12. The molecule has 2 aliphatic rings. The van der Waals surface area contributed by atoms with Crippen molar-refractivity contribution < 1.29 is 17.2 Å². The van der Waals surface area contributed by atoms with Crippen LogP contribution < -0.4 is 10.2 Å². The minimum absolute atomic E-state index is 0.176. The van der Waals surface area contributed by atoms with Gasteiger partial charge in [0.25, 0.3) is 0 Å². The zero-order valence-corrected chi connectivity index (χ0v) is 17.2. The maximum atomic E-state index is 14.0. The van der Waals surface area contributed by atoms with Gasteiger partial charge in [-0.15, -0.1) is 0 Å². The standard InChI is InChI=1S/C19H28F2N4O2S/c1-3-22-18(23-13-19(6-7-19)14-28(2,26)27)25-10-8-24(9-11-25)17-12-15(20)4-5-16(17)21/h4-5,12H,3,6-11,13-14H2,1-2H3,(H,22,23). The summed E-state index contributed by atoms with van der Waals surface area (Å²) in [7, 11) is -3.03. The van der Waals surface area contributed by atoms with Crippen LogP contribution in [0.15, 0.2) is 23.2 Å². The molecule has 1 aliphatic heterocycles. The summed E-state index contributed by atoms with van der Waals surface area (Å²) < 4.78 is 50.8. The Balaban J connectivity index is 1.64. The van der Waals surface area contributed by atoms with Crippen LogP contribution in [-0.4, -0.2) is 70.6 Å². The minimum atomic E-state index is -3.03. The number of hydrogen-bond donors (Lipinski definition) is 1. The van der Waals surface area contributed by atoms with Gasteiger partial charge in [0.1, 0.15) is 21.5 Å². The van der Waals surface area contributed by atoms with E-state index in [0.29, 0.717) is 39.3 Å². The van der Waals surface area contributed by atoms with Crippen LogP contribution in [0.1, 0.15) is 19.8 Å². The van der Waals surface area contributed by atoms with E-state index in [-0.39, 0.29) is 16.9 Å². The predicted octanol–water partition coefficient (Wildman–Crippen LogP) is 1.88. The number of aliphatic imine (C=N–C) groups is 1. The van der Waals surface area contributed by atoms with E-state index >= 15 is 0 Å². The lowest BCUT2D eigenvalue weighted by Gasteiger charge is -2.38. The number of anilines is 1. The molecule has 9 heteroatoms. The van der Waals surface area contributed by atoms with Crippen molar-refractivity contribution >= 4 is 21.5 Å². The second-order valence-electron chi connectivity index (χ2n) is 7.81. The molecule has 1 aromatic rings. The number of hydrogen-bond acceptors (Lipinski definition) is 4. The number of nitrogens with one attached hydrogen (secondary N) is 1. The summed E-state index contributed by atoms with van der Waals surface area (Å²) in [4.78, 5) is 8.63. The fourth-order valence-electron chi connectivity index (χ4n) is 3.64. The van der Waals surface area contributed by atoms with Crippen LogP contribution in [0.4, 0.5) is 14.5 Å². The van der Waals surface area contributed by atoms with Crippen molar-refractivity contribution in [2.45, 2.75) is 19.8 Å². The molecule has 3 rings (SSSR count). The molecule has 1 saturated carbocycles. The Labute approximate surface area is 165 Å². The third-order valence-corrected chi connectivity index (χ3v) is 6.39. The highest BCUT2D eigenvalue weighted by atomic mass is 32.2. The van der Waals surface area contributed by atoms with Gasteiger partial charge in [0.05, 0.1) is 11.4 Å². The molecule has 1 saturated heterocycles. The number of nitrogens with zero attached hydrogens (tertiary/aromatic N) is 3. The number of piperazine rings is 1. The smallest absolute Gasteiger partial charge is 0.194 e. The SMILES string of the molecule is CCNC(=NCC1(CS(C)(=O)=O)CC1)N1CCN(c2cc(F)ccc2F)CC1. The van der Waals surface area contributed by atoms with Crippen molar-refractivity contribution in [2.75, 3.05) is 56.2 Å². The highest BCUT2D eigenvalue weighted by molar-refractivity contribution is 7.90. The van der Waals surface area contributed by atoms with Crippen molar-refractivity contribution in [3.8, 4) is 0 Å². The first-order valence-electron chi connectivity index (χ1n) is 9.62. The maximum Gasteiger partial charge on any atom is 0.194 e. The molecule has 1 aromatic carbocycles. The quantitative estimate of drug-likeness (QED) is 0.569. The van der Waals surface area contributed by atoms with Crippen LogP contribution in [0, 0.1) is 17.0 Å². The molecule has 6 nitrogen and oxygen atoms in total. The van der Waals surface area contributed by atoms with Crippen LogP contribution in [0.5, 0.6) is 0 Å². The first-order valence-corrected chi connectivity index (χ1v) is 11.7. The van der Waals surface area contributed by atoms with Gasteiger partial charge in [-0.2, -0.15) is 0 Å². The van der Waals surface area contributed by atoms with Gasteiger partial charge in [-0.05, 0) is 31.9 Å². The molecule has 0 atom stereocenters. The first-order chi connectivity index (χ1) is 13.2. The second kappa shape index (κ2) is 8.23. The van der Waals surface area contributed by atoms with E-state index in [1.54, 1.807) is 0 Å². The van der Waals surface area contributed by atoms with Gasteiger partial charge in [-0.25, -0.2) is 17.2 Å². The normalized spacial score (nSPS) is 19.6. The van der Waals surface area contributed by atoms with Crippen molar-refractivity contribution in [1.29, 1.82) is 0 Å². The molecule has 0 unspecified atom stereocenters. The van der Waals surface area contributed by atoms with Gasteiger partial charge in [-0.3, -0.25) is 4.99 Å². The van der Waals surface area contributed by atoms with E-state index in [2.05, 4.69) is 10.2 Å². The van der Waals surface area contributed by atoms with Crippen molar-refractivity contribution in [2.24, 2.45) is 10.4 Å². The average molecular weight is 415 g/mol. The molecule has 28 heavy (non-hydrogen) atoms. The summed E-state index contributed by atoms with van der Waals surface area (Å²) >= 11 is 0. The summed E-state index contributed by atoms with van der Waals surface area (Å²) in [5.74, 6) is 0.0538. The molecule has 1 aliphatic carbocycles. The summed E-state index contributed by atoms with van der Waals surface area (Å²) in [6, 6.07) is 3.50. The third-order valence-electron chi connectivity index (χ3n) is 5.25. The summed E-state index contributed by atoms with van der Waals surface area (Å²) in [6.45, 7) is 5.54. The molecule has 0 aromatic heterocycles. The Morgan fingerprint density at radius 3 is 2.46 bits per heavy atom. The van der Waals surface area contributed by atoms with Crippen molar-refractivity contribution in [3.63, 3.8) is 0 Å². The number of rotatable bonds is 6. The first kappa shape index (κ1) is 20.8. The minimum Gasteiger partial charge on any atom is -0.366 e. The fourth-order valence-corrected chi connectivity index (χ4v) is 5.13. The lowest BCUT2D eigenvalue weighted by atomic mass is 10.1. The lowest BCUT2D eigenvalue weighted by Crippen LogP contribution is -2.53. The van der Waals surface area contributed by atoms with Gasteiger partial charge < -0.3 is 15.1 Å². The highest BCUT2D eigenvalue weighted by Crippen LogP contribution is 2.46. The van der Waals surface area contributed by atoms with Crippen molar-refractivity contribution in [3.05, 3.63) is 29.8 Å². The lowest BCUT2D eigenvalue weighted by molar-refractivity contribution is 0.369. The van der Waals surface area contributed by atoms with Crippen LogP contribution in [0.25, 0.3) is 0 Å². The van der Waals surface area contributed by atoms with Gasteiger partial charge in [0.2, 0.25) is 0 Å². The Bertz CT molecular complexity index is 832. The molecular weight excluding hydrogens is 386 g/mol. The van der Waals surface area contributed by atoms with Gasteiger partial charge in [0.15, 0.2) is 5.96 Å². The summed E-state index contributed by atoms with van der Waals surface area (Å²) in [6.07, 6.45) is 3.04. The number of halogens is 2. The molecule has 0 spiro atoms. The number of benzene rings is 1. The maximum absolute atomic E-state index is 14.0.